The molecule has 0 unspecified atom stereocenters. The average molecular weight is 282 g/mol. The van der Waals surface area contributed by atoms with Crippen molar-refractivity contribution in [3.63, 3.8) is 0 Å². The number of benzene rings is 1. The number of esters is 1. The number of methoxy groups -OCH3 is 1. The third-order valence-corrected chi connectivity index (χ3v) is 3.48. The summed E-state index contributed by atoms with van der Waals surface area (Å²) < 4.78 is 7.76. The van der Waals surface area contributed by atoms with E-state index in [0.29, 0.717) is 5.56 Å². The molecule has 84 valence electrons. The summed E-state index contributed by atoms with van der Waals surface area (Å²) in [6.45, 7) is 2.01. The average Bonchev–Trinajstić information content (AvgIpc) is 2.57. The molecule has 0 aliphatic rings. The first-order chi connectivity index (χ1) is 7.56. The monoisotopic (exact) mass is 281 g/mol. The Bertz CT molecular complexity index is 572. The van der Waals surface area contributed by atoms with Gasteiger partial charge in [-0.15, -0.1) is 0 Å². The highest BCUT2D eigenvalue weighted by atomic mass is 79.9. The number of rotatable bonds is 1. The van der Waals surface area contributed by atoms with Gasteiger partial charge >= 0.3 is 5.97 Å². The van der Waals surface area contributed by atoms with E-state index in [1.165, 1.54) is 7.11 Å². The number of carbonyl (C=O) groups excluding carboxylic acids is 1. The third kappa shape index (κ3) is 1.53. The Morgan fingerprint density at radius 1 is 1.44 bits per heavy atom. The van der Waals surface area contributed by atoms with E-state index in [-0.39, 0.29) is 5.97 Å². The molecule has 0 radical (unpaired) electrons. The molecule has 0 fully saturated rings. The van der Waals surface area contributed by atoms with Crippen molar-refractivity contribution in [3.05, 3.63) is 33.9 Å². The second kappa shape index (κ2) is 3.94. The first-order valence-electron chi connectivity index (χ1n) is 4.89. The lowest BCUT2D eigenvalue weighted by molar-refractivity contribution is 0.0602. The maximum atomic E-state index is 11.6. The van der Waals surface area contributed by atoms with Crippen LogP contribution >= 0.6 is 15.9 Å². The van der Waals surface area contributed by atoms with Gasteiger partial charge < -0.3 is 9.30 Å². The molecule has 0 saturated heterocycles. The van der Waals surface area contributed by atoms with Gasteiger partial charge in [0.05, 0.1) is 18.2 Å². The van der Waals surface area contributed by atoms with Crippen molar-refractivity contribution in [2.45, 2.75) is 6.92 Å². The molecule has 2 rings (SSSR count). The molecule has 0 aliphatic carbocycles. The van der Waals surface area contributed by atoms with Crippen molar-refractivity contribution in [1.29, 1.82) is 0 Å². The molecule has 0 amide bonds. The number of nitrogens with zero attached hydrogens (tertiary/aromatic N) is 1. The van der Waals surface area contributed by atoms with Gasteiger partial charge in [-0.1, -0.05) is 15.9 Å². The number of halogens is 1. The van der Waals surface area contributed by atoms with Crippen LogP contribution in [0.1, 0.15) is 16.1 Å². The van der Waals surface area contributed by atoms with Crippen LogP contribution in [-0.4, -0.2) is 17.6 Å². The fourth-order valence-corrected chi connectivity index (χ4v) is 2.27. The van der Waals surface area contributed by atoms with E-state index in [1.54, 1.807) is 6.07 Å². The largest absolute Gasteiger partial charge is 0.465 e. The summed E-state index contributed by atoms with van der Waals surface area (Å²) in [5, 5.41) is 1.03. The van der Waals surface area contributed by atoms with E-state index >= 15 is 0 Å². The van der Waals surface area contributed by atoms with Crippen molar-refractivity contribution in [2.24, 2.45) is 7.05 Å². The molecular weight excluding hydrogens is 270 g/mol. The summed E-state index contributed by atoms with van der Waals surface area (Å²) >= 11 is 3.48. The molecule has 0 aliphatic heterocycles. The Kier molecular flexibility index (Phi) is 2.76. The lowest BCUT2D eigenvalue weighted by Gasteiger charge is -2.06. The summed E-state index contributed by atoms with van der Waals surface area (Å²) in [7, 11) is 3.34. The van der Waals surface area contributed by atoms with Crippen LogP contribution in [0.3, 0.4) is 0 Å². The van der Waals surface area contributed by atoms with Crippen LogP contribution in [0.2, 0.25) is 0 Å². The van der Waals surface area contributed by atoms with E-state index in [2.05, 4.69) is 15.9 Å². The van der Waals surface area contributed by atoms with Gasteiger partial charge in [0.2, 0.25) is 0 Å². The minimum Gasteiger partial charge on any atom is -0.465 e. The predicted octanol–water partition coefficient (Wildman–Crippen LogP) is 3.04. The highest BCUT2D eigenvalue weighted by Gasteiger charge is 2.15. The Morgan fingerprint density at radius 3 is 2.75 bits per heavy atom. The van der Waals surface area contributed by atoms with Gasteiger partial charge in [-0.2, -0.15) is 0 Å². The molecule has 3 nitrogen and oxygen atoms in total. The minimum absolute atomic E-state index is 0.307. The molecule has 0 spiro atoms. The summed E-state index contributed by atoms with van der Waals surface area (Å²) in [5.41, 5.74) is 2.60. The topological polar surface area (TPSA) is 31.2 Å². The number of ether oxygens (including phenoxy) is 1. The number of carbonyl (C=O) groups is 1. The lowest BCUT2D eigenvalue weighted by atomic mass is 10.1. The van der Waals surface area contributed by atoms with Crippen LogP contribution < -0.4 is 0 Å². The smallest absolute Gasteiger partial charge is 0.340 e. The molecule has 4 heteroatoms. The quantitative estimate of drug-likeness (QED) is 0.753. The fraction of sp³-hybridized carbons (Fsp3) is 0.250. The zero-order chi connectivity index (χ0) is 11.9. The molecule has 0 N–H and O–H groups in total. The third-order valence-electron chi connectivity index (χ3n) is 2.79. The summed E-state index contributed by atoms with van der Waals surface area (Å²) in [6.07, 6.45) is 0. The first kappa shape index (κ1) is 11.2. The molecule has 16 heavy (non-hydrogen) atoms. The van der Waals surface area contributed by atoms with Gasteiger partial charge in [-0.3, -0.25) is 0 Å². The van der Waals surface area contributed by atoms with Gasteiger partial charge in [0.15, 0.2) is 0 Å². The Labute approximate surface area is 102 Å². The summed E-state index contributed by atoms with van der Waals surface area (Å²) in [4.78, 5) is 11.6. The molecule has 0 atom stereocenters. The normalized spacial score (nSPS) is 10.8. The molecular formula is C12H12BrNO2. The van der Waals surface area contributed by atoms with Crippen LogP contribution in [0.4, 0.5) is 0 Å². The minimum atomic E-state index is -0.307. The zero-order valence-corrected chi connectivity index (χ0v) is 11.0. The van der Waals surface area contributed by atoms with E-state index < -0.39 is 0 Å². The Morgan fingerprint density at radius 2 is 2.12 bits per heavy atom. The van der Waals surface area contributed by atoms with Crippen molar-refractivity contribution >= 4 is 32.8 Å². The van der Waals surface area contributed by atoms with Gasteiger partial charge in [-0.25, -0.2) is 4.79 Å². The molecule has 2 aromatic rings. The van der Waals surface area contributed by atoms with Crippen molar-refractivity contribution in [2.75, 3.05) is 7.11 Å². The first-order valence-corrected chi connectivity index (χ1v) is 5.68. The van der Waals surface area contributed by atoms with Gasteiger partial charge in [0.1, 0.15) is 0 Å². The van der Waals surface area contributed by atoms with Crippen LogP contribution in [0, 0.1) is 6.92 Å². The molecule has 0 bridgehead atoms. The Hall–Kier alpha value is -1.29. The standard InChI is InChI=1S/C12H12BrNO2/c1-7-6-9-10(13)5-4-8(12(15)16-3)11(9)14(7)2/h4-6H,1-3H3. The summed E-state index contributed by atoms with van der Waals surface area (Å²) in [5.74, 6) is -0.307. The predicted molar refractivity (Wildman–Crippen MR) is 66.7 cm³/mol. The van der Waals surface area contributed by atoms with Crippen molar-refractivity contribution in [1.82, 2.24) is 4.57 Å². The maximum Gasteiger partial charge on any atom is 0.340 e. The van der Waals surface area contributed by atoms with Crippen molar-refractivity contribution < 1.29 is 9.53 Å². The highest BCUT2D eigenvalue weighted by Crippen LogP contribution is 2.29. The van der Waals surface area contributed by atoms with E-state index in [9.17, 15) is 4.79 Å². The van der Waals surface area contributed by atoms with Gasteiger partial charge in [-0.05, 0) is 25.1 Å². The number of fused-ring (bicyclic) bond motifs is 1. The second-order valence-electron chi connectivity index (χ2n) is 3.69. The van der Waals surface area contributed by atoms with Crippen LogP contribution in [0.15, 0.2) is 22.7 Å². The molecule has 1 aromatic carbocycles. The molecule has 0 saturated carbocycles. The maximum absolute atomic E-state index is 11.6. The van der Waals surface area contributed by atoms with E-state index in [1.807, 2.05) is 30.7 Å². The van der Waals surface area contributed by atoms with Crippen LogP contribution in [0.25, 0.3) is 10.9 Å². The van der Waals surface area contributed by atoms with Gasteiger partial charge in [0.25, 0.3) is 0 Å². The fourth-order valence-electron chi connectivity index (χ4n) is 1.84. The van der Waals surface area contributed by atoms with E-state index in [4.69, 9.17) is 4.74 Å². The highest BCUT2D eigenvalue weighted by molar-refractivity contribution is 9.10. The number of hydrogen-bond donors (Lipinski definition) is 0. The van der Waals surface area contributed by atoms with Gasteiger partial charge in [0, 0.05) is 22.6 Å². The van der Waals surface area contributed by atoms with Crippen LogP contribution in [0.5, 0.6) is 0 Å². The van der Waals surface area contributed by atoms with Crippen LogP contribution in [-0.2, 0) is 11.8 Å². The van der Waals surface area contributed by atoms with E-state index in [0.717, 1.165) is 21.1 Å². The molecule has 1 heterocycles. The molecule has 1 aromatic heterocycles. The number of aryl methyl sites for hydroxylation is 2. The van der Waals surface area contributed by atoms with Crippen molar-refractivity contribution in [3.8, 4) is 0 Å². The summed E-state index contributed by atoms with van der Waals surface area (Å²) in [6, 6.07) is 5.69. The Balaban J connectivity index is 2.86. The SMILES string of the molecule is COC(=O)c1ccc(Br)c2cc(C)n(C)c12. The zero-order valence-electron chi connectivity index (χ0n) is 9.37. The number of hydrogen-bond acceptors (Lipinski definition) is 2. The lowest BCUT2D eigenvalue weighted by Crippen LogP contribution is -2.04. The number of aromatic nitrogens is 1. The second-order valence-corrected chi connectivity index (χ2v) is 4.55.